The number of fused-ring (bicyclic) bond motifs is 1. The molecule has 0 radical (unpaired) electrons. The molecule has 0 bridgehead atoms. The highest BCUT2D eigenvalue weighted by atomic mass is 32.2. The second-order valence-corrected chi connectivity index (χ2v) is 10.3. The highest BCUT2D eigenvalue weighted by Crippen LogP contribution is 2.32. The highest BCUT2D eigenvalue weighted by molar-refractivity contribution is 7.92. The number of urea groups is 1. The van der Waals surface area contributed by atoms with Crippen molar-refractivity contribution in [3.05, 3.63) is 64.7 Å². The fourth-order valence-electron chi connectivity index (χ4n) is 4.14. The lowest BCUT2D eigenvalue weighted by atomic mass is 9.91. The largest absolute Gasteiger partial charge is 0.325 e. The summed E-state index contributed by atoms with van der Waals surface area (Å²) >= 11 is 0. The highest BCUT2D eigenvalue weighted by Gasteiger charge is 2.49. The number of ketones is 1. The second kappa shape index (κ2) is 8.01. The third-order valence-corrected chi connectivity index (χ3v) is 7.90. The molecule has 10 heteroatoms. The number of nitrogens with zero attached hydrogens (tertiary/aromatic N) is 3. The van der Waals surface area contributed by atoms with Crippen LogP contribution in [0.1, 0.15) is 40.9 Å². The van der Waals surface area contributed by atoms with E-state index in [1.807, 2.05) is 6.07 Å². The molecule has 4 rings (SSSR count). The van der Waals surface area contributed by atoms with Gasteiger partial charge in [-0.25, -0.2) is 13.2 Å². The van der Waals surface area contributed by atoms with Gasteiger partial charge in [-0.1, -0.05) is 12.1 Å². The predicted octanol–water partition coefficient (Wildman–Crippen LogP) is 1.92. The van der Waals surface area contributed by atoms with Crippen LogP contribution in [0, 0.1) is 11.3 Å². The van der Waals surface area contributed by atoms with Crippen molar-refractivity contribution in [2.75, 3.05) is 23.1 Å². The molecule has 2 aromatic rings. The average molecular weight is 467 g/mol. The number of nitrogens with one attached hydrogen (secondary N) is 1. The van der Waals surface area contributed by atoms with E-state index in [1.54, 1.807) is 50.2 Å². The Kier molecular flexibility index (Phi) is 5.46. The summed E-state index contributed by atoms with van der Waals surface area (Å²) in [5.41, 5.74) is 1.17. The van der Waals surface area contributed by atoms with Gasteiger partial charge in [0.25, 0.3) is 5.91 Å². The van der Waals surface area contributed by atoms with Crippen molar-refractivity contribution >= 4 is 33.4 Å². The monoisotopic (exact) mass is 466 g/mol. The maximum Gasteiger partial charge on any atom is 0.325 e. The van der Waals surface area contributed by atoms with Crippen LogP contribution < -0.4 is 9.62 Å². The molecule has 2 heterocycles. The lowest BCUT2D eigenvalue weighted by Gasteiger charge is -2.22. The first-order chi connectivity index (χ1) is 15.6. The fourth-order valence-corrected chi connectivity index (χ4v) is 5.30. The quantitative estimate of drug-likeness (QED) is 0.512. The Bertz CT molecular complexity index is 1310. The number of imide groups is 1. The number of carbonyl (C=O) groups is 3. The van der Waals surface area contributed by atoms with Crippen LogP contribution in [-0.4, -0.2) is 49.9 Å². The van der Waals surface area contributed by atoms with Gasteiger partial charge in [0.15, 0.2) is 5.78 Å². The van der Waals surface area contributed by atoms with Crippen molar-refractivity contribution in [1.82, 2.24) is 10.2 Å². The summed E-state index contributed by atoms with van der Waals surface area (Å²) in [4.78, 5) is 39.4. The molecule has 1 fully saturated rings. The minimum absolute atomic E-state index is 0.0166. The molecule has 0 aromatic heterocycles. The van der Waals surface area contributed by atoms with Gasteiger partial charge in [0.1, 0.15) is 5.54 Å². The summed E-state index contributed by atoms with van der Waals surface area (Å²) in [5.74, 6) is -1.01. The van der Waals surface area contributed by atoms with Gasteiger partial charge in [0, 0.05) is 12.1 Å². The zero-order chi connectivity index (χ0) is 24.0. The Morgan fingerprint density at radius 3 is 2.52 bits per heavy atom. The Morgan fingerprint density at radius 2 is 1.88 bits per heavy atom. The zero-order valence-corrected chi connectivity index (χ0v) is 19.0. The molecule has 33 heavy (non-hydrogen) atoms. The van der Waals surface area contributed by atoms with Gasteiger partial charge in [0.05, 0.1) is 29.6 Å². The van der Waals surface area contributed by atoms with Crippen LogP contribution in [-0.2, 0) is 26.8 Å². The number of hydrogen-bond donors (Lipinski definition) is 1. The van der Waals surface area contributed by atoms with Gasteiger partial charge in [-0.3, -0.25) is 18.8 Å². The molecule has 170 valence electrons. The molecule has 2 aliphatic rings. The van der Waals surface area contributed by atoms with Gasteiger partial charge >= 0.3 is 6.03 Å². The van der Waals surface area contributed by atoms with Crippen LogP contribution >= 0.6 is 0 Å². The molecule has 1 N–H and O–H groups in total. The van der Waals surface area contributed by atoms with Gasteiger partial charge in [0.2, 0.25) is 10.0 Å². The predicted molar refractivity (Wildman–Crippen MR) is 120 cm³/mol. The number of amides is 3. The number of anilines is 1. The Hall–Kier alpha value is -3.71. The third-order valence-electron chi connectivity index (χ3n) is 6.12. The van der Waals surface area contributed by atoms with Gasteiger partial charge in [-0.2, -0.15) is 5.26 Å². The zero-order valence-electron chi connectivity index (χ0n) is 18.2. The molecular formula is C23H22N4O5S. The van der Waals surface area contributed by atoms with Crippen LogP contribution in [0.15, 0.2) is 42.5 Å². The Labute approximate surface area is 191 Å². The molecule has 1 unspecified atom stereocenters. The summed E-state index contributed by atoms with van der Waals surface area (Å²) < 4.78 is 25.9. The molecule has 0 saturated carbocycles. The standard InChI is InChI=1S/C23H22N4O5S/c1-3-33(31,32)27-11-10-16-12-17(6-9-19(16)27)20(28)14-26-21(29)23(2,25-22(26)30)18-7-4-15(13-24)5-8-18/h4-9,12H,3,10-11,14H2,1-2H3,(H,25,30). The van der Waals surface area contributed by atoms with E-state index >= 15 is 0 Å². The van der Waals surface area contributed by atoms with Crippen LogP contribution in [0.4, 0.5) is 10.5 Å². The summed E-state index contributed by atoms with van der Waals surface area (Å²) in [6, 6.07) is 12.4. The van der Waals surface area contributed by atoms with Crippen molar-refractivity contribution < 1.29 is 22.8 Å². The van der Waals surface area contributed by atoms with Gasteiger partial charge in [-0.05, 0) is 61.7 Å². The summed E-state index contributed by atoms with van der Waals surface area (Å²) in [7, 11) is -3.40. The molecule has 3 amide bonds. The molecule has 0 spiro atoms. The van der Waals surface area contributed by atoms with E-state index in [9.17, 15) is 22.8 Å². The molecule has 0 aliphatic carbocycles. The van der Waals surface area contributed by atoms with Crippen molar-refractivity contribution in [1.29, 1.82) is 5.26 Å². The van der Waals surface area contributed by atoms with Crippen molar-refractivity contribution in [2.45, 2.75) is 25.8 Å². The molecule has 2 aliphatic heterocycles. The van der Waals surface area contributed by atoms with E-state index in [0.717, 1.165) is 10.5 Å². The van der Waals surface area contributed by atoms with Crippen LogP contribution in [0.25, 0.3) is 0 Å². The minimum atomic E-state index is -3.40. The maximum atomic E-state index is 13.1. The Balaban J connectivity index is 1.54. The van der Waals surface area contributed by atoms with Crippen LogP contribution in [0.5, 0.6) is 0 Å². The van der Waals surface area contributed by atoms with E-state index in [4.69, 9.17) is 5.26 Å². The number of Topliss-reactive ketones (excluding diaryl/α,β-unsaturated/α-hetero) is 1. The number of carbonyl (C=O) groups excluding carboxylic acids is 3. The van der Waals surface area contributed by atoms with E-state index in [0.29, 0.717) is 35.3 Å². The average Bonchev–Trinajstić information content (AvgIpc) is 3.34. The number of benzene rings is 2. The lowest BCUT2D eigenvalue weighted by molar-refractivity contribution is -0.130. The van der Waals surface area contributed by atoms with Gasteiger partial charge < -0.3 is 5.32 Å². The van der Waals surface area contributed by atoms with Crippen LogP contribution in [0.2, 0.25) is 0 Å². The van der Waals surface area contributed by atoms with E-state index in [1.165, 1.54) is 10.4 Å². The summed E-state index contributed by atoms with van der Waals surface area (Å²) in [6.45, 7) is 3.01. The first-order valence-electron chi connectivity index (χ1n) is 10.4. The Morgan fingerprint density at radius 1 is 1.18 bits per heavy atom. The molecular weight excluding hydrogens is 444 g/mol. The fraction of sp³-hybridized carbons (Fsp3) is 0.304. The number of sulfonamides is 1. The summed E-state index contributed by atoms with van der Waals surface area (Å²) in [5, 5.41) is 11.6. The van der Waals surface area contributed by atoms with Crippen molar-refractivity contribution in [3.63, 3.8) is 0 Å². The third kappa shape index (κ3) is 3.74. The van der Waals surface area contributed by atoms with Gasteiger partial charge in [-0.15, -0.1) is 0 Å². The first kappa shape index (κ1) is 22.5. The SMILES string of the molecule is CCS(=O)(=O)N1CCc2cc(C(=O)CN3C(=O)NC(C)(c4ccc(C#N)cc4)C3=O)ccc21. The smallest absolute Gasteiger partial charge is 0.319 e. The maximum absolute atomic E-state index is 13.1. The lowest BCUT2D eigenvalue weighted by Crippen LogP contribution is -2.41. The number of hydrogen-bond acceptors (Lipinski definition) is 6. The number of nitriles is 1. The van der Waals surface area contributed by atoms with E-state index < -0.39 is 39.8 Å². The van der Waals surface area contributed by atoms with E-state index in [2.05, 4.69) is 5.32 Å². The molecule has 9 nitrogen and oxygen atoms in total. The summed E-state index contributed by atoms with van der Waals surface area (Å²) in [6.07, 6.45) is 0.482. The normalized spacial score (nSPS) is 19.9. The topological polar surface area (TPSA) is 128 Å². The first-order valence-corrected chi connectivity index (χ1v) is 12.0. The number of rotatable bonds is 6. The van der Waals surface area contributed by atoms with E-state index in [-0.39, 0.29) is 5.75 Å². The molecule has 1 saturated heterocycles. The van der Waals surface area contributed by atoms with Crippen molar-refractivity contribution in [3.8, 4) is 6.07 Å². The molecule has 1 atom stereocenters. The second-order valence-electron chi connectivity index (χ2n) is 8.12. The minimum Gasteiger partial charge on any atom is -0.319 e. The van der Waals surface area contributed by atoms with Crippen molar-refractivity contribution in [2.24, 2.45) is 0 Å². The van der Waals surface area contributed by atoms with Crippen LogP contribution in [0.3, 0.4) is 0 Å². The molecule has 2 aromatic carbocycles.